The predicted octanol–water partition coefficient (Wildman–Crippen LogP) is 4.88. The van der Waals surface area contributed by atoms with E-state index in [0.717, 1.165) is 0 Å². The van der Waals surface area contributed by atoms with E-state index in [0.29, 0.717) is 33.0 Å². The van der Waals surface area contributed by atoms with E-state index >= 15 is 0 Å². The van der Waals surface area contributed by atoms with Gasteiger partial charge in [0.1, 0.15) is 11.7 Å². The SMILES string of the molecule is CC(=O)Nc1ccccc1-c1nc2ccccc2n([C@H](C)C(=O)Nc2ccc(Cl)cc2)c1=O. The summed E-state index contributed by atoms with van der Waals surface area (Å²) < 4.78 is 1.42. The van der Waals surface area contributed by atoms with Gasteiger partial charge in [-0.05, 0) is 49.4 Å². The largest absolute Gasteiger partial charge is 0.326 e. The normalized spacial score (nSPS) is 11.7. The highest BCUT2D eigenvalue weighted by atomic mass is 35.5. The molecule has 0 bridgehead atoms. The van der Waals surface area contributed by atoms with Gasteiger partial charge in [0, 0.05) is 23.2 Å². The summed E-state index contributed by atoms with van der Waals surface area (Å²) in [7, 11) is 0. The molecule has 0 aliphatic carbocycles. The molecule has 1 atom stereocenters. The van der Waals surface area contributed by atoms with E-state index in [-0.39, 0.29) is 17.5 Å². The van der Waals surface area contributed by atoms with E-state index in [1.165, 1.54) is 11.5 Å². The zero-order valence-electron chi connectivity index (χ0n) is 18.0. The summed E-state index contributed by atoms with van der Waals surface area (Å²) in [5.74, 6) is -0.629. The van der Waals surface area contributed by atoms with E-state index in [2.05, 4.69) is 15.6 Å². The van der Waals surface area contributed by atoms with E-state index < -0.39 is 11.6 Å². The smallest absolute Gasteiger partial charge is 0.278 e. The number of benzene rings is 3. The maximum atomic E-state index is 13.7. The molecular weight excluding hydrogens is 440 g/mol. The molecule has 7 nitrogen and oxygen atoms in total. The van der Waals surface area contributed by atoms with Gasteiger partial charge in [-0.3, -0.25) is 19.0 Å². The van der Waals surface area contributed by atoms with Crippen LogP contribution < -0.4 is 16.2 Å². The standard InChI is InChI=1S/C25H21ClN4O3/c1-15(24(32)28-18-13-11-17(26)12-14-18)30-22-10-6-5-9-21(22)29-23(25(30)33)19-7-3-4-8-20(19)27-16(2)31/h3-15H,1-2H3,(H,27,31)(H,28,32)/t15-/m1/s1. The molecule has 1 aromatic heterocycles. The van der Waals surface area contributed by atoms with Gasteiger partial charge >= 0.3 is 0 Å². The Kier molecular flexibility index (Phi) is 6.24. The lowest BCUT2D eigenvalue weighted by molar-refractivity contribution is -0.118. The maximum Gasteiger partial charge on any atom is 0.278 e. The minimum Gasteiger partial charge on any atom is -0.326 e. The second-order valence-electron chi connectivity index (χ2n) is 7.52. The number of carbonyl (C=O) groups is 2. The number of fused-ring (bicyclic) bond motifs is 1. The Hall–Kier alpha value is -3.97. The topological polar surface area (TPSA) is 93.1 Å². The second kappa shape index (κ2) is 9.26. The van der Waals surface area contributed by atoms with Crippen LogP contribution in [0.3, 0.4) is 0 Å². The molecule has 166 valence electrons. The summed E-state index contributed by atoms with van der Waals surface area (Å²) >= 11 is 5.92. The Morgan fingerprint density at radius 2 is 1.61 bits per heavy atom. The minimum absolute atomic E-state index is 0.143. The van der Waals surface area contributed by atoms with Crippen molar-refractivity contribution in [2.75, 3.05) is 10.6 Å². The molecule has 0 aliphatic heterocycles. The first-order chi connectivity index (χ1) is 15.8. The molecule has 0 unspecified atom stereocenters. The van der Waals surface area contributed by atoms with Crippen LogP contribution in [0.5, 0.6) is 0 Å². The van der Waals surface area contributed by atoms with Gasteiger partial charge in [0.2, 0.25) is 11.8 Å². The first kappa shape index (κ1) is 22.2. The molecule has 0 saturated carbocycles. The average molecular weight is 461 g/mol. The second-order valence-corrected chi connectivity index (χ2v) is 7.96. The van der Waals surface area contributed by atoms with Crippen molar-refractivity contribution in [3.8, 4) is 11.3 Å². The van der Waals surface area contributed by atoms with Gasteiger partial charge in [-0.2, -0.15) is 0 Å². The molecule has 4 aromatic rings. The van der Waals surface area contributed by atoms with Gasteiger partial charge in [0.15, 0.2) is 0 Å². The molecule has 0 spiro atoms. The van der Waals surface area contributed by atoms with Gasteiger partial charge < -0.3 is 10.6 Å². The number of anilines is 2. The molecule has 0 aliphatic rings. The number of nitrogens with zero attached hydrogens (tertiary/aromatic N) is 2. The quantitative estimate of drug-likeness (QED) is 0.444. The number of rotatable bonds is 5. The van der Waals surface area contributed by atoms with Crippen molar-refractivity contribution in [1.29, 1.82) is 0 Å². The van der Waals surface area contributed by atoms with E-state index in [1.54, 1.807) is 73.7 Å². The number of carbonyl (C=O) groups excluding carboxylic acids is 2. The number of hydrogen-bond donors (Lipinski definition) is 2. The van der Waals surface area contributed by atoms with Crippen LogP contribution >= 0.6 is 11.6 Å². The molecule has 2 amide bonds. The van der Waals surface area contributed by atoms with Crippen molar-refractivity contribution < 1.29 is 9.59 Å². The van der Waals surface area contributed by atoms with Crippen LogP contribution in [0, 0.1) is 0 Å². The van der Waals surface area contributed by atoms with Gasteiger partial charge in [-0.1, -0.05) is 41.9 Å². The molecule has 8 heteroatoms. The molecule has 0 radical (unpaired) electrons. The number of hydrogen-bond acceptors (Lipinski definition) is 4. The number of halogens is 1. The van der Waals surface area contributed by atoms with Crippen molar-refractivity contribution in [2.24, 2.45) is 0 Å². The summed E-state index contributed by atoms with van der Waals surface area (Å²) in [5.41, 5.74) is 2.29. The fraction of sp³-hybridized carbons (Fsp3) is 0.120. The Labute approximate surface area is 195 Å². The fourth-order valence-corrected chi connectivity index (χ4v) is 3.73. The summed E-state index contributed by atoms with van der Waals surface area (Å²) in [6, 6.07) is 20.0. The van der Waals surface area contributed by atoms with Crippen LogP contribution in [-0.4, -0.2) is 21.4 Å². The highest BCUT2D eigenvalue weighted by molar-refractivity contribution is 6.30. The summed E-state index contributed by atoms with van der Waals surface area (Å²) in [4.78, 5) is 43.0. The summed E-state index contributed by atoms with van der Waals surface area (Å²) in [6.07, 6.45) is 0. The van der Waals surface area contributed by atoms with Crippen molar-refractivity contribution in [3.05, 3.63) is 88.2 Å². The number of nitrogens with one attached hydrogen (secondary N) is 2. The highest BCUT2D eigenvalue weighted by Gasteiger charge is 2.23. The lowest BCUT2D eigenvalue weighted by atomic mass is 10.1. The molecule has 4 rings (SSSR count). The highest BCUT2D eigenvalue weighted by Crippen LogP contribution is 2.27. The third kappa shape index (κ3) is 4.63. The molecule has 0 fully saturated rings. The first-order valence-corrected chi connectivity index (χ1v) is 10.7. The van der Waals surface area contributed by atoms with Crippen LogP contribution in [0.4, 0.5) is 11.4 Å². The van der Waals surface area contributed by atoms with Crippen molar-refractivity contribution in [2.45, 2.75) is 19.9 Å². The van der Waals surface area contributed by atoms with Crippen LogP contribution in [0.15, 0.2) is 77.6 Å². The van der Waals surface area contributed by atoms with Gasteiger partial charge in [-0.15, -0.1) is 0 Å². The maximum absolute atomic E-state index is 13.7. The Bertz CT molecular complexity index is 1410. The Morgan fingerprint density at radius 3 is 2.33 bits per heavy atom. The van der Waals surface area contributed by atoms with E-state index in [1.807, 2.05) is 6.07 Å². The lowest BCUT2D eigenvalue weighted by Gasteiger charge is -2.19. The number of aromatic nitrogens is 2. The van der Waals surface area contributed by atoms with Crippen LogP contribution in [0.25, 0.3) is 22.3 Å². The van der Waals surface area contributed by atoms with Gasteiger partial charge in [0.05, 0.1) is 16.7 Å². The van der Waals surface area contributed by atoms with Crippen molar-refractivity contribution >= 4 is 45.8 Å². The molecule has 1 heterocycles. The van der Waals surface area contributed by atoms with Crippen molar-refractivity contribution in [3.63, 3.8) is 0 Å². The average Bonchev–Trinajstić information content (AvgIpc) is 2.80. The summed E-state index contributed by atoms with van der Waals surface area (Å²) in [5, 5.41) is 6.12. The third-order valence-corrected chi connectivity index (χ3v) is 5.42. The molecule has 0 saturated heterocycles. The third-order valence-electron chi connectivity index (χ3n) is 5.17. The van der Waals surface area contributed by atoms with E-state index in [4.69, 9.17) is 11.6 Å². The number of para-hydroxylation sites is 3. The Morgan fingerprint density at radius 1 is 0.939 bits per heavy atom. The Balaban J connectivity index is 1.84. The summed E-state index contributed by atoms with van der Waals surface area (Å²) in [6.45, 7) is 3.05. The van der Waals surface area contributed by atoms with E-state index in [9.17, 15) is 14.4 Å². The fourth-order valence-electron chi connectivity index (χ4n) is 3.60. The molecular formula is C25H21ClN4O3. The first-order valence-electron chi connectivity index (χ1n) is 10.3. The van der Waals surface area contributed by atoms with Crippen molar-refractivity contribution in [1.82, 2.24) is 9.55 Å². The lowest BCUT2D eigenvalue weighted by Crippen LogP contribution is -2.33. The van der Waals surface area contributed by atoms with Crippen LogP contribution in [0.2, 0.25) is 5.02 Å². The van der Waals surface area contributed by atoms with Crippen LogP contribution in [0.1, 0.15) is 19.9 Å². The molecule has 3 aromatic carbocycles. The minimum atomic E-state index is -0.840. The zero-order chi connectivity index (χ0) is 23.5. The zero-order valence-corrected chi connectivity index (χ0v) is 18.8. The monoisotopic (exact) mass is 460 g/mol. The predicted molar refractivity (Wildman–Crippen MR) is 131 cm³/mol. The van der Waals surface area contributed by atoms with Gasteiger partial charge in [-0.25, -0.2) is 4.98 Å². The molecule has 2 N–H and O–H groups in total. The van der Waals surface area contributed by atoms with Gasteiger partial charge in [0.25, 0.3) is 5.56 Å². The molecule has 33 heavy (non-hydrogen) atoms. The number of amides is 2. The van der Waals surface area contributed by atoms with Crippen LogP contribution in [-0.2, 0) is 9.59 Å².